The number of amides is 1. The summed E-state index contributed by atoms with van der Waals surface area (Å²) in [4.78, 5) is 16.1. The fourth-order valence-electron chi connectivity index (χ4n) is 1.81. The van der Waals surface area contributed by atoms with Gasteiger partial charge in [0.05, 0.1) is 0 Å². The van der Waals surface area contributed by atoms with Gasteiger partial charge in [0.25, 0.3) is 5.91 Å². The van der Waals surface area contributed by atoms with Gasteiger partial charge in [0.15, 0.2) is 5.58 Å². The van der Waals surface area contributed by atoms with Crippen molar-refractivity contribution in [1.29, 1.82) is 0 Å². The average molecular weight is 325 g/mol. The van der Waals surface area contributed by atoms with Crippen molar-refractivity contribution in [3.05, 3.63) is 57.8 Å². The first-order valence-corrected chi connectivity index (χ1v) is 6.60. The van der Waals surface area contributed by atoms with Crippen LogP contribution in [0, 0.1) is 5.82 Å². The molecule has 1 aromatic heterocycles. The molecule has 0 saturated heterocycles. The van der Waals surface area contributed by atoms with Gasteiger partial charge in [-0.3, -0.25) is 10.1 Å². The van der Waals surface area contributed by atoms with Crippen LogP contribution in [0.2, 0.25) is 10.0 Å². The van der Waals surface area contributed by atoms with E-state index in [1.807, 2.05) is 0 Å². The number of fused-ring (bicyclic) bond motifs is 1. The maximum Gasteiger partial charge on any atom is 0.302 e. The molecule has 0 radical (unpaired) electrons. The van der Waals surface area contributed by atoms with Gasteiger partial charge in [0.1, 0.15) is 11.3 Å². The van der Waals surface area contributed by atoms with E-state index in [0.29, 0.717) is 16.1 Å². The number of rotatable bonds is 2. The lowest BCUT2D eigenvalue weighted by atomic mass is 10.2. The fraction of sp³-hybridized carbons (Fsp3) is 0. The van der Waals surface area contributed by atoms with Crippen molar-refractivity contribution in [1.82, 2.24) is 4.98 Å². The van der Waals surface area contributed by atoms with Crippen molar-refractivity contribution in [3.8, 4) is 0 Å². The monoisotopic (exact) mass is 324 g/mol. The predicted octanol–water partition coefficient (Wildman–Crippen LogP) is 4.53. The van der Waals surface area contributed by atoms with Gasteiger partial charge in [0, 0.05) is 15.6 Å². The summed E-state index contributed by atoms with van der Waals surface area (Å²) < 4.78 is 18.6. The third-order valence-electron chi connectivity index (χ3n) is 2.69. The summed E-state index contributed by atoms with van der Waals surface area (Å²) in [5, 5.41) is 3.07. The Bertz CT molecular complexity index is 828. The van der Waals surface area contributed by atoms with Crippen LogP contribution in [0.15, 0.2) is 40.8 Å². The van der Waals surface area contributed by atoms with Gasteiger partial charge in [0.2, 0.25) is 0 Å². The molecule has 3 rings (SSSR count). The first-order chi connectivity index (χ1) is 10.0. The lowest BCUT2D eigenvalue weighted by Crippen LogP contribution is -2.12. The molecule has 1 N–H and O–H groups in total. The lowest BCUT2D eigenvalue weighted by molar-refractivity contribution is 0.102. The number of hydrogen-bond acceptors (Lipinski definition) is 3. The second-order valence-electron chi connectivity index (χ2n) is 4.24. The van der Waals surface area contributed by atoms with Crippen LogP contribution in [0.25, 0.3) is 11.1 Å². The largest absolute Gasteiger partial charge is 0.423 e. The number of benzene rings is 2. The molecule has 0 spiro atoms. The first-order valence-electron chi connectivity index (χ1n) is 5.85. The molecule has 1 heterocycles. The Morgan fingerprint density at radius 3 is 2.71 bits per heavy atom. The molecular formula is C14H7Cl2FN2O2. The normalized spacial score (nSPS) is 10.8. The highest BCUT2D eigenvalue weighted by molar-refractivity contribution is 6.31. The minimum absolute atomic E-state index is 0.00218. The van der Waals surface area contributed by atoms with Crippen LogP contribution >= 0.6 is 23.2 Å². The van der Waals surface area contributed by atoms with Crippen molar-refractivity contribution in [2.75, 3.05) is 5.32 Å². The van der Waals surface area contributed by atoms with E-state index in [9.17, 15) is 9.18 Å². The standard InChI is InChI=1S/C14H7Cl2FN2O2/c15-8-1-2-12-11(6-8)18-14(21-12)19-13(20)7-3-9(16)5-10(17)4-7/h1-6H,(H,18,19,20). The molecule has 21 heavy (non-hydrogen) atoms. The highest BCUT2D eigenvalue weighted by Crippen LogP contribution is 2.23. The minimum Gasteiger partial charge on any atom is -0.423 e. The summed E-state index contributed by atoms with van der Waals surface area (Å²) in [7, 11) is 0. The minimum atomic E-state index is -0.600. The Morgan fingerprint density at radius 1 is 1.14 bits per heavy atom. The Kier molecular flexibility index (Phi) is 3.53. The van der Waals surface area contributed by atoms with Gasteiger partial charge in [-0.2, -0.15) is 4.98 Å². The van der Waals surface area contributed by atoms with E-state index in [-0.39, 0.29) is 16.6 Å². The van der Waals surface area contributed by atoms with Crippen molar-refractivity contribution in [2.24, 2.45) is 0 Å². The molecule has 0 unspecified atom stereocenters. The molecule has 0 aliphatic heterocycles. The number of carbonyl (C=O) groups excluding carboxylic acids is 1. The molecule has 4 nitrogen and oxygen atoms in total. The molecule has 106 valence electrons. The SMILES string of the molecule is O=C(Nc1nc2cc(Cl)ccc2o1)c1cc(F)cc(Cl)c1. The second kappa shape index (κ2) is 5.35. The second-order valence-corrected chi connectivity index (χ2v) is 5.12. The molecule has 0 atom stereocenters. The first kappa shape index (κ1) is 13.9. The number of hydrogen-bond donors (Lipinski definition) is 1. The van der Waals surface area contributed by atoms with Gasteiger partial charge in [-0.15, -0.1) is 0 Å². The fourth-order valence-corrected chi connectivity index (χ4v) is 2.20. The Hall–Kier alpha value is -2.11. The molecule has 2 aromatic carbocycles. The highest BCUT2D eigenvalue weighted by atomic mass is 35.5. The molecule has 3 aromatic rings. The summed E-state index contributed by atoms with van der Waals surface area (Å²) in [6.07, 6.45) is 0. The van der Waals surface area contributed by atoms with Crippen LogP contribution in [0.1, 0.15) is 10.4 Å². The third-order valence-corrected chi connectivity index (χ3v) is 3.15. The molecular weight excluding hydrogens is 318 g/mol. The van der Waals surface area contributed by atoms with Crippen LogP contribution in [-0.2, 0) is 0 Å². The topological polar surface area (TPSA) is 55.1 Å². The van der Waals surface area contributed by atoms with Crippen LogP contribution in [0.5, 0.6) is 0 Å². The predicted molar refractivity (Wildman–Crippen MR) is 78.4 cm³/mol. The van der Waals surface area contributed by atoms with E-state index >= 15 is 0 Å². The average Bonchev–Trinajstić information content (AvgIpc) is 2.78. The molecule has 0 bridgehead atoms. The van der Waals surface area contributed by atoms with E-state index in [0.717, 1.165) is 12.1 Å². The quantitative estimate of drug-likeness (QED) is 0.753. The Balaban J connectivity index is 1.88. The molecule has 0 fully saturated rings. The van der Waals surface area contributed by atoms with Crippen LogP contribution in [0.3, 0.4) is 0 Å². The van der Waals surface area contributed by atoms with E-state index in [4.69, 9.17) is 27.6 Å². The summed E-state index contributed by atoms with van der Waals surface area (Å²) in [6.45, 7) is 0. The van der Waals surface area contributed by atoms with Crippen LogP contribution < -0.4 is 5.32 Å². The number of nitrogens with one attached hydrogen (secondary N) is 1. The van der Waals surface area contributed by atoms with E-state index in [2.05, 4.69) is 10.3 Å². The van der Waals surface area contributed by atoms with Crippen LogP contribution in [-0.4, -0.2) is 10.9 Å². The molecule has 1 amide bonds. The highest BCUT2D eigenvalue weighted by Gasteiger charge is 2.13. The number of carbonyl (C=O) groups is 1. The Labute approximate surface area is 128 Å². The summed E-state index contributed by atoms with van der Waals surface area (Å²) in [5.41, 5.74) is 1.06. The molecule has 7 heteroatoms. The number of oxazole rings is 1. The molecule has 0 aliphatic carbocycles. The number of nitrogens with zero attached hydrogens (tertiary/aromatic N) is 1. The molecule has 0 aliphatic rings. The van der Waals surface area contributed by atoms with Crippen molar-refractivity contribution in [3.63, 3.8) is 0 Å². The van der Waals surface area contributed by atoms with Crippen molar-refractivity contribution < 1.29 is 13.6 Å². The zero-order valence-corrected chi connectivity index (χ0v) is 11.9. The smallest absolute Gasteiger partial charge is 0.302 e. The zero-order valence-electron chi connectivity index (χ0n) is 10.4. The summed E-state index contributed by atoms with van der Waals surface area (Å²) in [5.74, 6) is -1.17. The van der Waals surface area contributed by atoms with E-state index in [1.165, 1.54) is 6.07 Å². The van der Waals surface area contributed by atoms with Gasteiger partial charge < -0.3 is 4.42 Å². The van der Waals surface area contributed by atoms with Gasteiger partial charge in [-0.1, -0.05) is 23.2 Å². The number of halogens is 3. The number of aromatic nitrogens is 1. The van der Waals surface area contributed by atoms with Crippen molar-refractivity contribution >= 4 is 46.2 Å². The molecule has 0 saturated carbocycles. The maximum absolute atomic E-state index is 13.2. The lowest BCUT2D eigenvalue weighted by Gasteiger charge is -2.01. The summed E-state index contributed by atoms with van der Waals surface area (Å²) >= 11 is 11.5. The van der Waals surface area contributed by atoms with Crippen molar-refractivity contribution in [2.45, 2.75) is 0 Å². The number of anilines is 1. The van der Waals surface area contributed by atoms with Gasteiger partial charge in [-0.05, 0) is 36.4 Å². The maximum atomic E-state index is 13.2. The van der Waals surface area contributed by atoms with E-state index < -0.39 is 11.7 Å². The van der Waals surface area contributed by atoms with Gasteiger partial charge in [-0.25, -0.2) is 4.39 Å². The third kappa shape index (κ3) is 2.99. The van der Waals surface area contributed by atoms with Crippen LogP contribution in [0.4, 0.5) is 10.4 Å². The van der Waals surface area contributed by atoms with E-state index in [1.54, 1.807) is 18.2 Å². The summed E-state index contributed by atoms with van der Waals surface area (Å²) in [6, 6.07) is 8.42. The zero-order chi connectivity index (χ0) is 15.0. The van der Waals surface area contributed by atoms with Gasteiger partial charge >= 0.3 is 6.01 Å². The Morgan fingerprint density at radius 2 is 1.95 bits per heavy atom.